The molecule has 0 aliphatic heterocycles. The van der Waals surface area contributed by atoms with E-state index in [1.807, 2.05) is 6.92 Å². The molecule has 2 rings (SSSR count). The summed E-state index contributed by atoms with van der Waals surface area (Å²) >= 11 is 0. The van der Waals surface area contributed by atoms with Crippen LogP contribution in [-0.4, -0.2) is 11.6 Å². The third-order valence-corrected chi connectivity index (χ3v) is 5.76. The lowest BCUT2D eigenvalue weighted by atomic mass is 9.84. The zero-order valence-corrected chi connectivity index (χ0v) is 17.4. The van der Waals surface area contributed by atoms with Gasteiger partial charge in [-0.1, -0.05) is 89.0 Å². The summed E-state index contributed by atoms with van der Waals surface area (Å²) in [6.45, 7) is 4.20. The Morgan fingerprint density at radius 1 is 0.963 bits per heavy atom. The van der Waals surface area contributed by atoms with Crippen LogP contribution in [0.25, 0.3) is 0 Å². The van der Waals surface area contributed by atoms with E-state index in [4.69, 9.17) is 0 Å². The van der Waals surface area contributed by atoms with Crippen molar-refractivity contribution in [3.8, 4) is 0 Å². The molecule has 1 aliphatic carbocycles. The molecule has 0 heterocycles. The lowest BCUT2D eigenvalue weighted by molar-refractivity contribution is -0.121. The van der Waals surface area contributed by atoms with Gasteiger partial charge in [-0.15, -0.1) is 0 Å². The maximum absolute atomic E-state index is 12.0. The van der Waals surface area contributed by atoms with E-state index < -0.39 is 0 Å². The summed E-state index contributed by atoms with van der Waals surface area (Å²) < 4.78 is 0. The number of benzene rings is 1. The van der Waals surface area contributed by atoms with E-state index in [2.05, 4.69) is 41.7 Å². The van der Waals surface area contributed by atoms with Crippen molar-refractivity contribution < 1.29 is 4.79 Å². The van der Waals surface area contributed by atoms with Gasteiger partial charge in [0.05, 0.1) is 5.71 Å². The number of carbonyl (C=O) groups excluding carboxylic acids is 1. The first-order valence-electron chi connectivity index (χ1n) is 11.1. The molecule has 27 heavy (non-hydrogen) atoms. The number of hydrazone groups is 1. The minimum absolute atomic E-state index is 0.0294. The van der Waals surface area contributed by atoms with Gasteiger partial charge in [0.1, 0.15) is 0 Å². The van der Waals surface area contributed by atoms with Crippen molar-refractivity contribution in [1.29, 1.82) is 0 Å². The molecule has 1 N–H and O–H groups in total. The Morgan fingerprint density at radius 3 is 2.26 bits per heavy atom. The first-order chi connectivity index (χ1) is 13.2. The summed E-state index contributed by atoms with van der Waals surface area (Å²) in [6.07, 6.45) is 15.9. The predicted molar refractivity (Wildman–Crippen MR) is 115 cm³/mol. The highest BCUT2D eigenvalue weighted by atomic mass is 16.2. The van der Waals surface area contributed by atoms with Crippen molar-refractivity contribution in [3.05, 3.63) is 35.4 Å². The molecule has 0 unspecified atom stereocenters. The second kappa shape index (κ2) is 12.7. The summed E-state index contributed by atoms with van der Waals surface area (Å²) in [5.74, 6) is 0.758. The Labute approximate surface area is 166 Å². The maximum Gasteiger partial charge on any atom is 0.240 e. The highest BCUT2D eigenvalue weighted by Gasteiger charge is 2.15. The van der Waals surface area contributed by atoms with Crippen molar-refractivity contribution in [2.75, 3.05) is 0 Å². The number of hydrogen-bond acceptors (Lipinski definition) is 2. The van der Waals surface area contributed by atoms with Gasteiger partial charge in [-0.2, -0.15) is 5.10 Å². The van der Waals surface area contributed by atoms with Crippen LogP contribution >= 0.6 is 0 Å². The normalized spacial score (nSPS) is 15.7. The second-order valence-electron chi connectivity index (χ2n) is 8.06. The number of amides is 1. The molecule has 1 aliphatic rings. The molecule has 3 nitrogen and oxygen atoms in total. The number of rotatable bonds is 11. The number of carbonyl (C=O) groups is 1. The van der Waals surface area contributed by atoms with Crippen LogP contribution in [0.2, 0.25) is 0 Å². The number of unbranched alkanes of at least 4 members (excludes halogenated alkanes) is 6. The topological polar surface area (TPSA) is 41.5 Å². The molecule has 0 aromatic heterocycles. The van der Waals surface area contributed by atoms with E-state index >= 15 is 0 Å². The van der Waals surface area contributed by atoms with Crippen molar-refractivity contribution in [1.82, 2.24) is 5.43 Å². The monoisotopic (exact) mass is 370 g/mol. The van der Waals surface area contributed by atoms with Crippen LogP contribution in [0.15, 0.2) is 29.4 Å². The molecule has 150 valence electrons. The Bertz CT molecular complexity index is 571. The smallest absolute Gasteiger partial charge is 0.240 e. The summed E-state index contributed by atoms with van der Waals surface area (Å²) in [5.41, 5.74) is 6.13. The summed E-state index contributed by atoms with van der Waals surface area (Å²) in [6, 6.07) is 8.77. The molecular weight excluding hydrogens is 332 g/mol. The van der Waals surface area contributed by atoms with E-state index in [1.54, 1.807) is 0 Å². The van der Waals surface area contributed by atoms with E-state index in [0.717, 1.165) is 30.0 Å². The standard InChI is InChI=1S/C24H38N2O/c1-3-4-5-6-7-8-12-15-24(27)26-25-20(2)21-16-18-23(19-17-21)22-13-10-9-11-14-22/h16-19,22H,3-15H2,1-2H3,(H,26,27). The van der Waals surface area contributed by atoms with E-state index in [9.17, 15) is 4.79 Å². The highest BCUT2D eigenvalue weighted by molar-refractivity contribution is 5.99. The van der Waals surface area contributed by atoms with Gasteiger partial charge in [-0.3, -0.25) is 4.79 Å². The van der Waals surface area contributed by atoms with Crippen molar-refractivity contribution in [2.24, 2.45) is 5.10 Å². The van der Waals surface area contributed by atoms with E-state index in [0.29, 0.717) is 6.42 Å². The fraction of sp³-hybridized carbons (Fsp3) is 0.667. The van der Waals surface area contributed by atoms with Crippen molar-refractivity contribution in [3.63, 3.8) is 0 Å². The molecule has 1 fully saturated rings. The molecule has 1 amide bonds. The Morgan fingerprint density at radius 2 is 1.59 bits per heavy atom. The van der Waals surface area contributed by atoms with Gasteiger partial charge in [0.2, 0.25) is 5.91 Å². The van der Waals surface area contributed by atoms with Gasteiger partial charge in [0.15, 0.2) is 0 Å². The maximum atomic E-state index is 12.0. The van der Waals surface area contributed by atoms with Crippen LogP contribution < -0.4 is 5.43 Å². The first kappa shape index (κ1) is 21.7. The lowest BCUT2D eigenvalue weighted by Gasteiger charge is -2.22. The van der Waals surface area contributed by atoms with Crippen LogP contribution in [0, 0.1) is 0 Å². The average Bonchev–Trinajstić information content (AvgIpc) is 2.72. The third-order valence-electron chi connectivity index (χ3n) is 5.76. The molecule has 0 radical (unpaired) electrons. The largest absolute Gasteiger partial charge is 0.273 e. The zero-order valence-electron chi connectivity index (χ0n) is 17.4. The molecule has 0 atom stereocenters. The SMILES string of the molecule is CCCCCCCCCC(=O)NN=C(C)c1ccc(C2CCCCC2)cc1. The number of nitrogens with one attached hydrogen (secondary N) is 1. The predicted octanol–water partition coefficient (Wildman–Crippen LogP) is 6.72. The molecule has 0 spiro atoms. The minimum Gasteiger partial charge on any atom is -0.273 e. The minimum atomic E-state index is 0.0294. The molecule has 3 heteroatoms. The van der Waals surface area contributed by atoms with Crippen LogP contribution in [0.3, 0.4) is 0 Å². The fourth-order valence-electron chi connectivity index (χ4n) is 3.94. The highest BCUT2D eigenvalue weighted by Crippen LogP contribution is 2.32. The Balaban J connectivity index is 1.69. The van der Waals surface area contributed by atoms with Crippen LogP contribution in [0.5, 0.6) is 0 Å². The molecular formula is C24H38N2O. The van der Waals surface area contributed by atoms with Crippen molar-refractivity contribution in [2.45, 2.75) is 103 Å². The van der Waals surface area contributed by atoms with Gasteiger partial charge in [0.25, 0.3) is 0 Å². The average molecular weight is 371 g/mol. The number of nitrogens with zero attached hydrogens (tertiary/aromatic N) is 1. The summed E-state index contributed by atoms with van der Waals surface area (Å²) in [4.78, 5) is 12.0. The van der Waals surface area contributed by atoms with Gasteiger partial charge in [0, 0.05) is 6.42 Å². The van der Waals surface area contributed by atoms with E-state index in [-0.39, 0.29) is 5.91 Å². The zero-order chi connectivity index (χ0) is 19.3. The van der Waals surface area contributed by atoms with Crippen LogP contribution in [0.1, 0.15) is 114 Å². The van der Waals surface area contributed by atoms with E-state index in [1.165, 1.54) is 69.8 Å². The quantitative estimate of drug-likeness (QED) is 0.262. The molecule has 1 aromatic rings. The van der Waals surface area contributed by atoms with Crippen LogP contribution in [-0.2, 0) is 4.79 Å². The molecule has 0 bridgehead atoms. The Hall–Kier alpha value is -1.64. The molecule has 1 aromatic carbocycles. The Kier molecular flexibility index (Phi) is 10.2. The van der Waals surface area contributed by atoms with Gasteiger partial charge < -0.3 is 0 Å². The lowest BCUT2D eigenvalue weighted by Crippen LogP contribution is -2.18. The van der Waals surface area contributed by atoms with Crippen molar-refractivity contribution >= 4 is 11.6 Å². The van der Waals surface area contributed by atoms with Gasteiger partial charge in [-0.05, 0) is 43.2 Å². The summed E-state index contributed by atoms with van der Waals surface area (Å²) in [7, 11) is 0. The third kappa shape index (κ3) is 8.28. The van der Waals surface area contributed by atoms with Crippen LogP contribution in [0.4, 0.5) is 0 Å². The second-order valence-corrected chi connectivity index (χ2v) is 8.06. The molecule has 1 saturated carbocycles. The number of hydrogen-bond donors (Lipinski definition) is 1. The molecule has 0 saturated heterocycles. The summed E-state index contributed by atoms with van der Waals surface area (Å²) in [5, 5.41) is 4.29. The fourth-order valence-corrected chi connectivity index (χ4v) is 3.94. The first-order valence-corrected chi connectivity index (χ1v) is 11.1. The van der Waals surface area contributed by atoms with Gasteiger partial charge in [-0.25, -0.2) is 5.43 Å². The van der Waals surface area contributed by atoms with Gasteiger partial charge >= 0.3 is 0 Å².